The number of benzene rings is 7. The Morgan fingerprint density at radius 3 is 1.25 bits per heavy atom. The molecule has 0 N–H and O–H groups in total. The second kappa shape index (κ2) is 11.9. The van der Waals surface area contributed by atoms with Gasteiger partial charge < -0.3 is 9.13 Å². The summed E-state index contributed by atoms with van der Waals surface area (Å²) in [6.07, 6.45) is 0. The summed E-state index contributed by atoms with van der Waals surface area (Å²) in [5.74, 6) is 1.30. The average molecular weight is 678 g/mol. The maximum atomic E-state index is 9.44. The van der Waals surface area contributed by atoms with Crippen LogP contribution in [0.1, 0.15) is 11.1 Å². The van der Waals surface area contributed by atoms with Crippen molar-refractivity contribution >= 4 is 43.6 Å². The van der Waals surface area contributed by atoms with Gasteiger partial charge in [-0.1, -0.05) is 60.7 Å². The molecule has 0 atom stereocenters. The first-order valence-electron chi connectivity index (χ1n) is 17.3. The molecule has 7 heteroatoms. The summed E-state index contributed by atoms with van der Waals surface area (Å²) in [4.78, 5) is 0. The van der Waals surface area contributed by atoms with Crippen LogP contribution in [0.5, 0.6) is 0 Å². The molecule has 0 unspecified atom stereocenters. The first-order chi connectivity index (χ1) is 26.2. The number of aromatic nitrogens is 5. The Morgan fingerprint density at radius 2 is 0.774 bits per heavy atom. The predicted molar refractivity (Wildman–Crippen MR) is 210 cm³/mol. The molecule has 7 aromatic carbocycles. The van der Waals surface area contributed by atoms with E-state index in [2.05, 4.69) is 151 Å². The van der Waals surface area contributed by atoms with Gasteiger partial charge in [-0.15, -0.1) is 10.2 Å². The fraction of sp³-hybridized carbons (Fsp3) is 0. The molecule has 0 aliphatic carbocycles. The lowest BCUT2D eigenvalue weighted by Crippen LogP contribution is -2.01. The Hall–Kier alpha value is -7.74. The zero-order valence-electron chi connectivity index (χ0n) is 28.2. The second-order valence-corrected chi connectivity index (χ2v) is 13.0. The summed E-state index contributed by atoms with van der Waals surface area (Å²) < 4.78 is 6.74. The molecule has 3 heterocycles. The largest absolute Gasteiger partial charge is 0.309 e. The van der Waals surface area contributed by atoms with E-state index in [0.29, 0.717) is 22.8 Å². The van der Waals surface area contributed by atoms with Crippen LogP contribution in [0.2, 0.25) is 0 Å². The van der Waals surface area contributed by atoms with E-state index in [4.69, 9.17) is 0 Å². The smallest absolute Gasteiger partial charge is 0.168 e. The van der Waals surface area contributed by atoms with E-state index in [0.717, 1.165) is 50.0 Å². The summed E-state index contributed by atoms with van der Waals surface area (Å²) in [6.45, 7) is 0. The first kappa shape index (κ1) is 30.1. The average Bonchev–Trinajstić information content (AvgIpc) is 3.91. The SMILES string of the molecule is N#Cc1ccc(-c2nnc(-c3ccc(C#N)cc3)n2-c2ccc3c(c2)c2ccccc2n3-c2cccc(-n3c4ccccc4c4ccccc43)c2)cc1. The van der Waals surface area contributed by atoms with Gasteiger partial charge in [-0.05, 0) is 103 Å². The maximum Gasteiger partial charge on any atom is 0.168 e. The summed E-state index contributed by atoms with van der Waals surface area (Å²) in [6, 6.07) is 60.1. The van der Waals surface area contributed by atoms with Crippen molar-refractivity contribution in [3.63, 3.8) is 0 Å². The Morgan fingerprint density at radius 1 is 0.358 bits per heavy atom. The van der Waals surface area contributed by atoms with Gasteiger partial charge in [0.25, 0.3) is 0 Å². The molecule has 0 saturated carbocycles. The van der Waals surface area contributed by atoms with Gasteiger partial charge >= 0.3 is 0 Å². The van der Waals surface area contributed by atoms with Crippen LogP contribution in [-0.4, -0.2) is 23.9 Å². The van der Waals surface area contributed by atoms with Crippen molar-refractivity contribution in [1.82, 2.24) is 23.9 Å². The predicted octanol–water partition coefficient (Wildman–Crippen LogP) is 10.5. The number of hydrogen-bond acceptors (Lipinski definition) is 4. The van der Waals surface area contributed by atoms with Crippen LogP contribution < -0.4 is 0 Å². The third-order valence-electron chi connectivity index (χ3n) is 10.0. The number of fused-ring (bicyclic) bond motifs is 6. The van der Waals surface area contributed by atoms with E-state index in [9.17, 15) is 10.5 Å². The third kappa shape index (κ3) is 4.73. The minimum atomic E-state index is 0.573. The van der Waals surface area contributed by atoms with Gasteiger partial charge in [-0.2, -0.15) is 10.5 Å². The Bertz CT molecular complexity index is 3000. The van der Waals surface area contributed by atoms with Crippen molar-refractivity contribution in [3.8, 4) is 52.0 Å². The van der Waals surface area contributed by atoms with E-state index < -0.39 is 0 Å². The number of rotatable bonds is 5. The van der Waals surface area contributed by atoms with Gasteiger partial charge in [0.05, 0.1) is 51.0 Å². The fourth-order valence-corrected chi connectivity index (χ4v) is 7.64. The standard InChI is InChI=1S/C46H27N7/c47-28-30-16-20-32(21-17-30)45-49-50-46(33-22-18-31(29-48)19-23-33)53(45)36-24-25-44-40(27-36)39-12-3-6-15-43(39)52(44)35-9-7-8-34(26-35)51-41-13-4-1-10-37(41)38-11-2-5-14-42(38)51/h1-27H. The van der Waals surface area contributed by atoms with Crippen LogP contribution in [0.4, 0.5) is 0 Å². The topological polar surface area (TPSA) is 88.2 Å². The highest BCUT2D eigenvalue weighted by molar-refractivity contribution is 6.11. The molecular formula is C46H27N7. The molecule has 0 aliphatic heterocycles. The highest BCUT2D eigenvalue weighted by Gasteiger charge is 2.20. The van der Waals surface area contributed by atoms with Crippen molar-refractivity contribution in [3.05, 3.63) is 175 Å². The van der Waals surface area contributed by atoms with Gasteiger partial charge in [0, 0.05) is 44.0 Å². The lowest BCUT2D eigenvalue weighted by Gasteiger charge is -2.14. The van der Waals surface area contributed by atoms with Crippen LogP contribution in [0.3, 0.4) is 0 Å². The van der Waals surface area contributed by atoms with E-state index >= 15 is 0 Å². The summed E-state index contributed by atoms with van der Waals surface area (Å²) in [5, 5.41) is 32.9. The normalized spacial score (nSPS) is 11.4. The minimum absolute atomic E-state index is 0.573. The molecule has 10 aromatic rings. The Balaban J connectivity index is 1.18. The fourth-order valence-electron chi connectivity index (χ4n) is 7.64. The van der Waals surface area contributed by atoms with Crippen LogP contribution in [0, 0.1) is 22.7 Å². The lowest BCUT2D eigenvalue weighted by molar-refractivity contribution is 1.07. The van der Waals surface area contributed by atoms with E-state index in [-0.39, 0.29) is 0 Å². The molecule has 0 aliphatic rings. The van der Waals surface area contributed by atoms with Crippen molar-refractivity contribution in [1.29, 1.82) is 10.5 Å². The number of nitriles is 2. The van der Waals surface area contributed by atoms with Crippen LogP contribution in [0.25, 0.3) is 83.4 Å². The number of para-hydroxylation sites is 3. The monoisotopic (exact) mass is 677 g/mol. The molecule has 0 radical (unpaired) electrons. The Labute approximate surface area is 304 Å². The van der Waals surface area contributed by atoms with Gasteiger partial charge in [0.15, 0.2) is 11.6 Å². The molecule has 0 bridgehead atoms. The van der Waals surface area contributed by atoms with Gasteiger partial charge in [0.1, 0.15) is 0 Å². The van der Waals surface area contributed by atoms with Crippen molar-refractivity contribution < 1.29 is 0 Å². The zero-order valence-corrected chi connectivity index (χ0v) is 28.2. The third-order valence-corrected chi connectivity index (χ3v) is 10.0. The summed E-state index contributed by atoms with van der Waals surface area (Å²) in [5.41, 5.74) is 10.4. The molecule has 10 rings (SSSR count). The number of nitrogens with zero attached hydrogens (tertiary/aromatic N) is 7. The highest BCUT2D eigenvalue weighted by Crippen LogP contribution is 2.37. The number of hydrogen-bond donors (Lipinski definition) is 0. The molecule has 0 spiro atoms. The van der Waals surface area contributed by atoms with E-state index in [1.165, 1.54) is 21.8 Å². The molecule has 0 amide bonds. The van der Waals surface area contributed by atoms with Gasteiger partial charge in [-0.25, -0.2) is 0 Å². The van der Waals surface area contributed by atoms with Crippen LogP contribution in [0.15, 0.2) is 164 Å². The molecule has 0 fully saturated rings. The van der Waals surface area contributed by atoms with Gasteiger partial charge in [-0.3, -0.25) is 4.57 Å². The second-order valence-electron chi connectivity index (χ2n) is 13.0. The highest BCUT2D eigenvalue weighted by atomic mass is 15.3. The quantitative estimate of drug-likeness (QED) is 0.181. The molecule has 7 nitrogen and oxygen atoms in total. The maximum absolute atomic E-state index is 9.44. The van der Waals surface area contributed by atoms with Crippen LogP contribution in [-0.2, 0) is 0 Å². The van der Waals surface area contributed by atoms with E-state index in [1.807, 2.05) is 24.3 Å². The van der Waals surface area contributed by atoms with E-state index in [1.54, 1.807) is 24.3 Å². The molecule has 3 aromatic heterocycles. The summed E-state index contributed by atoms with van der Waals surface area (Å²) in [7, 11) is 0. The Kier molecular flexibility index (Phi) is 6.79. The minimum Gasteiger partial charge on any atom is -0.309 e. The van der Waals surface area contributed by atoms with Crippen molar-refractivity contribution in [2.45, 2.75) is 0 Å². The van der Waals surface area contributed by atoms with Crippen molar-refractivity contribution in [2.24, 2.45) is 0 Å². The van der Waals surface area contributed by atoms with Crippen LogP contribution >= 0.6 is 0 Å². The van der Waals surface area contributed by atoms with Gasteiger partial charge in [0.2, 0.25) is 0 Å². The molecule has 53 heavy (non-hydrogen) atoms. The lowest BCUT2D eigenvalue weighted by atomic mass is 10.1. The molecular weight excluding hydrogens is 651 g/mol. The first-order valence-corrected chi connectivity index (χ1v) is 17.3. The summed E-state index contributed by atoms with van der Waals surface area (Å²) >= 11 is 0. The molecule has 246 valence electrons. The van der Waals surface area contributed by atoms with Crippen molar-refractivity contribution in [2.75, 3.05) is 0 Å². The zero-order chi connectivity index (χ0) is 35.5. The molecule has 0 saturated heterocycles.